The molecule has 1 aromatic heterocycles. The summed E-state index contributed by atoms with van der Waals surface area (Å²) in [7, 11) is 0. The molecule has 0 saturated heterocycles. The maximum absolute atomic E-state index is 12.7. The zero-order valence-electron chi connectivity index (χ0n) is 10.6. The van der Waals surface area contributed by atoms with E-state index in [2.05, 4.69) is 20.9 Å². The van der Waals surface area contributed by atoms with Crippen molar-refractivity contribution in [2.24, 2.45) is 0 Å². The molecule has 0 unspecified atom stereocenters. The van der Waals surface area contributed by atoms with Crippen molar-refractivity contribution < 1.29 is 0 Å². The molecule has 0 amide bonds. The summed E-state index contributed by atoms with van der Waals surface area (Å²) >= 11 is 14.8. The lowest BCUT2D eigenvalue weighted by Gasteiger charge is -2.12. The second kappa shape index (κ2) is 5.29. The van der Waals surface area contributed by atoms with Gasteiger partial charge < -0.3 is 10.7 Å². The highest BCUT2D eigenvalue weighted by Crippen LogP contribution is 2.26. The lowest BCUT2D eigenvalue weighted by molar-refractivity contribution is 0.942. The van der Waals surface area contributed by atoms with Gasteiger partial charge in [-0.15, -0.1) is 0 Å². The SMILES string of the molecule is Nc1cccc(Cl)c1-n1c(=S)[nH]c2cc(Br)ccc2c1=O. The van der Waals surface area contributed by atoms with E-state index in [1.807, 2.05) is 0 Å². The van der Waals surface area contributed by atoms with Crippen LogP contribution in [0.2, 0.25) is 5.02 Å². The Kier molecular flexibility index (Phi) is 3.61. The molecule has 7 heteroatoms. The number of fused-ring (bicyclic) bond motifs is 1. The van der Waals surface area contributed by atoms with Crippen molar-refractivity contribution in [1.82, 2.24) is 9.55 Å². The Morgan fingerprint density at radius 1 is 1.29 bits per heavy atom. The van der Waals surface area contributed by atoms with E-state index in [9.17, 15) is 4.79 Å². The zero-order valence-corrected chi connectivity index (χ0v) is 13.7. The topological polar surface area (TPSA) is 63.8 Å². The first-order valence-electron chi connectivity index (χ1n) is 5.98. The van der Waals surface area contributed by atoms with Crippen LogP contribution in [0.15, 0.2) is 45.7 Å². The van der Waals surface area contributed by atoms with Gasteiger partial charge in [0, 0.05) is 4.47 Å². The van der Waals surface area contributed by atoms with E-state index in [1.165, 1.54) is 4.57 Å². The number of aromatic nitrogens is 2. The first-order valence-corrected chi connectivity index (χ1v) is 7.56. The van der Waals surface area contributed by atoms with Crippen LogP contribution in [-0.4, -0.2) is 9.55 Å². The van der Waals surface area contributed by atoms with E-state index in [1.54, 1.807) is 36.4 Å². The number of nitrogens with one attached hydrogen (secondary N) is 1. The average molecular weight is 383 g/mol. The zero-order chi connectivity index (χ0) is 15.1. The molecule has 0 aliphatic heterocycles. The number of benzene rings is 2. The summed E-state index contributed by atoms with van der Waals surface area (Å²) in [6, 6.07) is 10.4. The van der Waals surface area contributed by atoms with Gasteiger partial charge in [0.1, 0.15) is 0 Å². The Morgan fingerprint density at radius 2 is 2.05 bits per heavy atom. The van der Waals surface area contributed by atoms with Gasteiger partial charge in [-0.2, -0.15) is 0 Å². The van der Waals surface area contributed by atoms with Crippen LogP contribution >= 0.6 is 39.7 Å². The van der Waals surface area contributed by atoms with Gasteiger partial charge in [0.05, 0.1) is 27.3 Å². The molecular weight excluding hydrogens is 374 g/mol. The molecule has 106 valence electrons. The fraction of sp³-hybridized carbons (Fsp3) is 0. The molecule has 1 heterocycles. The third-order valence-electron chi connectivity index (χ3n) is 3.10. The Hall–Kier alpha value is -1.63. The third kappa shape index (κ3) is 2.39. The average Bonchev–Trinajstić information content (AvgIpc) is 2.41. The van der Waals surface area contributed by atoms with E-state index in [-0.39, 0.29) is 10.3 Å². The van der Waals surface area contributed by atoms with Crippen LogP contribution in [0.4, 0.5) is 5.69 Å². The molecular formula is C14H9BrClN3OS. The molecule has 0 aliphatic rings. The van der Waals surface area contributed by atoms with Crippen molar-refractivity contribution >= 4 is 56.3 Å². The van der Waals surface area contributed by atoms with Crippen LogP contribution in [0.1, 0.15) is 0 Å². The van der Waals surface area contributed by atoms with E-state index < -0.39 is 0 Å². The van der Waals surface area contributed by atoms with E-state index in [0.717, 1.165) is 4.47 Å². The maximum atomic E-state index is 12.7. The minimum atomic E-state index is -0.263. The smallest absolute Gasteiger partial charge is 0.266 e. The molecule has 0 atom stereocenters. The standard InChI is InChI=1S/C14H9BrClN3OS/c15-7-4-5-8-11(6-7)18-14(21)19(13(8)20)12-9(16)2-1-3-10(12)17/h1-6H,17H2,(H,18,21). The minimum Gasteiger partial charge on any atom is -0.397 e. The van der Waals surface area contributed by atoms with Crippen LogP contribution in [0.3, 0.4) is 0 Å². The normalized spacial score (nSPS) is 11.0. The van der Waals surface area contributed by atoms with Crippen molar-refractivity contribution in [3.8, 4) is 5.69 Å². The number of hydrogen-bond donors (Lipinski definition) is 2. The van der Waals surface area contributed by atoms with Gasteiger partial charge in [-0.1, -0.05) is 33.6 Å². The summed E-state index contributed by atoms with van der Waals surface area (Å²) in [5.74, 6) is 0. The maximum Gasteiger partial charge on any atom is 0.266 e. The highest BCUT2D eigenvalue weighted by Gasteiger charge is 2.13. The summed E-state index contributed by atoms with van der Waals surface area (Å²) < 4.78 is 2.42. The van der Waals surface area contributed by atoms with Crippen molar-refractivity contribution in [3.05, 3.63) is 61.0 Å². The number of para-hydroxylation sites is 1. The number of halogens is 2. The van der Waals surface area contributed by atoms with Crippen LogP contribution < -0.4 is 11.3 Å². The van der Waals surface area contributed by atoms with Crippen molar-refractivity contribution in [2.75, 3.05) is 5.73 Å². The summed E-state index contributed by atoms with van der Waals surface area (Å²) in [5.41, 5.74) is 7.13. The Morgan fingerprint density at radius 3 is 2.76 bits per heavy atom. The van der Waals surface area contributed by atoms with Gasteiger partial charge in [-0.25, -0.2) is 4.57 Å². The fourth-order valence-corrected chi connectivity index (χ4v) is 3.07. The summed E-state index contributed by atoms with van der Waals surface area (Å²) in [6.07, 6.45) is 0. The molecule has 3 rings (SSSR count). The van der Waals surface area contributed by atoms with Gasteiger partial charge in [0.2, 0.25) is 0 Å². The van der Waals surface area contributed by atoms with E-state index in [0.29, 0.717) is 27.3 Å². The largest absolute Gasteiger partial charge is 0.397 e. The number of aromatic amines is 1. The quantitative estimate of drug-likeness (QED) is 0.493. The number of nitrogens with zero attached hydrogens (tertiary/aromatic N) is 1. The second-order valence-electron chi connectivity index (χ2n) is 4.44. The van der Waals surface area contributed by atoms with Crippen molar-refractivity contribution in [1.29, 1.82) is 0 Å². The number of nitrogen functional groups attached to an aromatic ring is 1. The predicted octanol–water partition coefficient (Wildman–Crippen LogP) is 4.05. The third-order valence-corrected chi connectivity index (χ3v) is 4.18. The van der Waals surface area contributed by atoms with Crippen LogP contribution in [-0.2, 0) is 0 Å². The molecule has 0 radical (unpaired) electrons. The Bertz CT molecular complexity index is 960. The minimum absolute atomic E-state index is 0.241. The van der Waals surface area contributed by atoms with E-state index in [4.69, 9.17) is 29.6 Å². The Labute approximate surface area is 138 Å². The number of rotatable bonds is 1. The highest BCUT2D eigenvalue weighted by atomic mass is 79.9. The van der Waals surface area contributed by atoms with Crippen LogP contribution in [0.25, 0.3) is 16.6 Å². The lowest BCUT2D eigenvalue weighted by atomic mass is 10.2. The lowest BCUT2D eigenvalue weighted by Crippen LogP contribution is -2.21. The number of nitrogens with two attached hydrogens (primary N) is 1. The second-order valence-corrected chi connectivity index (χ2v) is 6.15. The molecule has 21 heavy (non-hydrogen) atoms. The number of anilines is 1. The van der Waals surface area contributed by atoms with Gasteiger partial charge in [0.15, 0.2) is 4.77 Å². The van der Waals surface area contributed by atoms with Gasteiger partial charge in [0.25, 0.3) is 5.56 Å². The van der Waals surface area contributed by atoms with Gasteiger partial charge in [-0.3, -0.25) is 4.79 Å². The monoisotopic (exact) mass is 381 g/mol. The van der Waals surface area contributed by atoms with Crippen LogP contribution in [0, 0.1) is 4.77 Å². The molecule has 3 aromatic rings. The first kappa shape index (κ1) is 14.3. The van der Waals surface area contributed by atoms with Gasteiger partial charge >= 0.3 is 0 Å². The molecule has 3 N–H and O–H groups in total. The summed E-state index contributed by atoms with van der Waals surface area (Å²) in [6.45, 7) is 0. The van der Waals surface area contributed by atoms with Crippen molar-refractivity contribution in [2.45, 2.75) is 0 Å². The molecule has 0 saturated carbocycles. The fourth-order valence-electron chi connectivity index (χ4n) is 2.16. The molecule has 2 aromatic carbocycles. The number of hydrogen-bond acceptors (Lipinski definition) is 3. The highest BCUT2D eigenvalue weighted by molar-refractivity contribution is 9.10. The van der Waals surface area contributed by atoms with Gasteiger partial charge in [-0.05, 0) is 42.5 Å². The van der Waals surface area contributed by atoms with E-state index >= 15 is 0 Å². The predicted molar refractivity (Wildman–Crippen MR) is 91.9 cm³/mol. The molecule has 0 bridgehead atoms. The first-order chi connectivity index (χ1) is 9.99. The summed E-state index contributed by atoms with van der Waals surface area (Å²) in [5, 5.41) is 0.874. The molecule has 0 fully saturated rings. The van der Waals surface area contributed by atoms with Crippen LogP contribution in [0.5, 0.6) is 0 Å². The van der Waals surface area contributed by atoms with Crippen molar-refractivity contribution in [3.63, 3.8) is 0 Å². The molecule has 4 nitrogen and oxygen atoms in total. The number of H-pyrrole nitrogens is 1. The molecule has 0 aliphatic carbocycles. The summed E-state index contributed by atoms with van der Waals surface area (Å²) in [4.78, 5) is 15.7. The molecule has 0 spiro atoms. The Balaban J connectivity index is 2.48.